The zero-order chi connectivity index (χ0) is 11.7. The summed E-state index contributed by atoms with van der Waals surface area (Å²) >= 11 is 2.14. The normalized spacial score (nSPS) is 15.8. The summed E-state index contributed by atoms with van der Waals surface area (Å²) in [5.74, 6) is 0.502. The van der Waals surface area contributed by atoms with Crippen molar-refractivity contribution in [3.8, 4) is 5.75 Å². The molecule has 0 bridgehead atoms. The van der Waals surface area contributed by atoms with Gasteiger partial charge < -0.3 is 9.64 Å². The molecule has 1 aliphatic rings. The van der Waals surface area contributed by atoms with Crippen molar-refractivity contribution in [1.82, 2.24) is 0 Å². The van der Waals surface area contributed by atoms with Gasteiger partial charge in [0.05, 0.1) is 25.8 Å². The van der Waals surface area contributed by atoms with Gasteiger partial charge in [-0.15, -0.1) is 0 Å². The van der Waals surface area contributed by atoms with Crippen LogP contribution >= 0.6 is 22.6 Å². The van der Waals surface area contributed by atoms with E-state index in [1.807, 2.05) is 12.1 Å². The minimum absolute atomic E-state index is 0.00723. The lowest BCUT2D eigenvalue weighted by Gasteiger charge is -2.17. The fourth-order valence-electron chi connectivity index (χ4n) is 1.63. The average Bonchev–Trinajstić information content (AvgIpc) is 2.58. The number of nitrogens with zero attached hydrogens (tertiary/aromatic N) is 1. The summed E-state index contributed by atoms with van der Waals surface area (Å²) in [6, 6.07) is 5.47. The van der Waals surface area contributed by atoms with E-state index in [1.54, 1.807) is 13.2 Å². The third-order valence-corrected chi connectivity index (χ3v) is 3.34. The highest BCUT2D eigenvalue weighted by molar-refractivity contribution is 14.1. The van der Waals surface area contributed by atoms with E-state index >= 15 is 0 Å². The summed E-state index contributed by atoms with van der Waals surface area (Å²) in [7, 11) is 1.57. The molecule has 0 unspecified atom stereocenters. The molecule has 0 spiro atoms. The second-order valence-corrected chi connectivity index (χ2v) is 4.67. The van der Waals surface area contributed by atoms with Gasteiger partial charge in [-0.25, -0.2) is 0 Å². The van der Waals surface area contributed by atoms with E-state index in [2.05, 4.69) is 22.6 Å². The van der Waals surface area contributed by atoms with Crippen molar-refractivity contribution in [2.45, 2.75) is 6.42 Å². The second-order valence-electron chi connectivity index (χ2n) is 3.51. The monoisotopic (exact) mass is 331 g/mol. The van der Waals surface area contributed by atoms with E-state index < -0.39 is 0 Å². The minimum atomic E-state index is -0.142. The van der Waals surface area contributed by atoms with E-state index in [1.165, 1.54) is 4.90 Å². The first kappa shape index (κ1) is 11.4. The van der Waals surface area contributed by atoms with Crippen LogP contribution in [-0.2, 0) is 9.59 Å². The first-order chi connectivity index (χ1) is 7.61. The van der Waals surface area contributed by atoms with Gasteiger partial charge in [0.15, 0.2) is 5.78 Å². The Labute approximate surface area is 107 Å². The summed E-state index contributed by atoms with van der Waals surface area (Å²) < 4.78 is 6.04. The molecule has 0 aliphatic carbocycles. The predicted molar refractivity (Wildman–Crippen MR) is 67.7 cm³/mol. The molecule has 0 atom stereocenters. The Morgan fingerprint density at radius 3 is 2.69 bits per heavy atom. The minimum Gasteiger partial charge on any atom is -0.497 e. The van der Waals surface area contributed by atoms with E-state index in [-0.39, 0.29) is 24.7 Å². The molecule has 0 saturated carbocycles. The van der Waals surface area contributed by atoms with Gasteiger partial charge in [0, 0.05) is 9.64 Å². The summed E-state index contributed by atoms with van der Waals surface area (Å²) in [5, 5.41) is 0. The first-order valence-corrected chi connectivity index (χ1v) is 5.85. The molecule has 4 nitrogen and oxygen atoms in total. The van der Waals surface area contributed by atoms with Crippen molar-refractivity contribution < 1.29 is 14.3 Å². The molecule has 1 aromatic carbocycles. The van der Waals surface area contributed by atoms with Crippen LogP contribution < -0.4 is 9.64 Å². The highest BCUT2D eigenvalue weighted by Crippen LogP contribution is 2.29. The molecule has 0 radical (unpaired) electrons. The number of carbonyl (C=O) groups excluding carboxylic acids is 2. The number of anilines is 1. The van der Waals surface area contributed by atoms with Crippen LogP contribution in [0.2, 0.25) is 0 Å². The SMILES string of the molecule is COc1ccc(I)c(N2CC(=O)CC2=O)c1. The molecule has 5 heteroatoms. The van der Waals surface area contributed by atoms with Crippen molar-refractivity contribution in [2.24, 2.45) is 0 Å². The third-order valence-electron chi connectivity index (χ3n) is 2.43. The molecule has 1 aromatic rings. The molecule has 0 aromatic heterocycles. The lowest BCUT2D eigenvalue weighted by Crippen LogP contribution is -2.25. The first-order valence-electron chi connectivity index (χ1n) is 4.77. The second kappa shape index (κ2) is 4.40. The van der Waals surface area contributed by atoms with Gasteiger partial charge in [-0.3, -0.25) is 9.59 Å². The molecular weight excluding hydrogens is 321 g/mol. The predicted octanol–water partition coefficient (Wildman–Crippen LogP) is 1.61. The Balaban J connectivity index is 2.39. The van der Waals surface area contributed by atoms with Gasteiger partial charge in [-0.05, 0) is 34.7 Å². The summed E-state index contributed by atoms with van der Waals surface area (Å²) in [4.78, 5) is 24.3. The van der Waals surface area contributed by atoms with E-state index in [9.17, 15) is 9.59 Å². The van der Waals surface area contributed by atoms with Gasteiger partial charge in [-0.2, -0.15) is 0 Å². The molecule has 84 valence electrons. The number of ether oxygens (including phenoxy) is 1. The van der Waals surface area contributed by atoms with Crippen LogP contribution in [0.25, 0.3) is 0 Å². The Kier molecular flexibility index (Phi) is 3.13. The van der Waals surface area contributed by atoms with Crippen molar-refractivity contribution in [1.29, 1.82) is 0 Å². The maximum Gasteiger partial charge on any atom is 0.234 e. The highest BCUT2D eigenvalue weighted by Gasteiger charge is 2.29. The van der Waals surface area contributed by atoms with Crippen LogP contribution in [0.15, 0.2) is 18.2 Å². The van der Waals surface area contributed by atoms with Crippen LogP contribution in [-0.4, -0.2) is 25.3 Å². The van der Waals surface area contributed by atoms with Gasteiger partial charge in [-0.1, -0.05) is 0 Å². The molecule has 2 rings (SSSR count). The van der Waals surface area contributed by atoms with Crippen molar-refractivity contribution in [3.63, 3.8) is 0 Å². The summed E-state index contributed by atoms with van der Waals surface area (Å²) in [6.07, 6.45) is 0.00723. The molecule has 16 heavy (non-hydrogen) atoms. The molecule has 0 N–H and O–H groups in total. The number of ketones is 1. The number of Topliss-reactive ketones (excluding diaryl/α,β-unsaturated/α-hetero) is 1. The van der Waals surface area contributed by atoms with Crippen LogP contribution in [0.3, 0.4) is 0 Å². The maximum atomic E-state index is 11.6. The van der Waals surface area contributed by atoms with Crippen molar-refractivity contribution >= 4 is 40.0 Å². The lowest BCUT2D eigenvalue weighted by molar-refractivity contribution is -0.121. The Hall–Kier alpha value is -1.11. The van der Waals surface area contributed by atoms with Gasteiger partial charge in [0.2, 0.25) is 5.91 Å². The van der Waals surface area contributed by atoms with Crippen LogP contribution in [0, 0.1) is 3.57 Å². The van der Waals surface area contributed by atoms with Gasteiger partial charge >= 0.3 is 0 Å². The molecule has 1 aliphatic heterocycles. The quantitative estimate of drug-likeness (QED) is 0.611. The molecule has 1 amide bonds. The summed E-state index contributed by atoms with van der Waals surface area (Å²) in [5.41, 5.74) is 0.746. The van der Waals surface area contributed by atoms with Crippen molar-refractivity contribution in [3.05, 3.63) is 21.8 Å². The molecule has 1 saturated heterocycles. The van der Waals surface area contributed by atoms with E-state index in [4.69, 9.17) is 4.74 Å². The number of rotatable bonds is 2. The number of hydrogen-bond acceptors (Lipinski definition) is 3. The number of halogens is 1. The number of carbonyl (C=O) groups is 2. The molecule has 1 fully saturated rings. The number of methoxy groups -OCH3 is 1. The van der Waals surface area contributed by atoms with Crippen LogP contribution in [0.1, 0.15) is 6.42 Å². The lowest BCUT2D eigenvalue weighted by atomic mass is 10.3. The highest BCUT2D eigenvalue weighted by atomic mass is 127. The fraction of sp³-hybridized carbons (Fsp3) is 0.273. The number of hydrogen-bond donors (Lipinski definition) is 0. The largest absolute Gasteiger partial charge is 0.497 e. The van der Waals surface area contributed by atoms with Crippen LogP contribution in [0.4, 0.5) is 5.69 Å². The fourth-order valence-corrected chi connectivity index (χ4v) is 2.26. The molecular formula is C11H10INO3. The smallest absolute Gasteiger partial charge is 0.234 e. The zero-order valence-corrected chi connectivity index (χ0v) is 10.9. The number of benzene rings is 1. The van der Waals surface area contributed by atoms with Crippen LogP contribution in [0.5, 0.6) is 5.75 Å². The number of amides is 1. The summed E-state index contributed by atoms with van der Waals surface area (Å²) in [6.45, 7) is 0.169. The van der Waals surface area contributed by atoms with Gasteiger partial charge in [0.1, 0.15) is 5.75 Å². The van der Waals surface area contributed by atoms with Gasteiger partial charge in [0.25, 0.3) is 0 Å². The van der Waals surface area contributed by atoms with Crippen molar-refractivity contribution in [2.75, 3.05) is 18.6 Å². The average molecular weight is 331 g/mol. The maximum absolute atomic E-state index is 11.6. The van der Waals surface area contributed by atoms with E-state index in [0.717, 1.165) is 9.26 Å². The topological polar surface area (TPSA) is 46.6 Å². The molecule has 1 heterocycles. The Morgan fingerprint density at radius 1 is 1.38 bits per heavy atom. The standard InChI is InChI=1S/C11H10INO3/c1-16-8-2-3-9(12)10(5-8)13-6-7(14)4-11(13)15/h2-3,5H,4,6H2,1H3. The van der Waals surface area contributed by atoms with E-state index in [0.29, 0.717) is 5.75 Å². The Bertz CT molecular complexity index is 459. The zero-order valence-electron chi connectivity index (χ0n) is 8.70. The Morgan fingerprint density at radius 2 is 2.12 bits per heavy atom. The third kappa shape index (κ3) is 2.04.